The first-order valence-electron chi connectivity index (χ1n) is 6.79. The number of carbonyl (C=O) groups is 1. The molecule has 1 aromatic heterocycles. The van der Waals surface area contributed by atoms with Crippen LogP contribution in [0.4, 0.5) is 10.1 Å². The summed E-state index contributed by atoms with van der Waals surface area (Å²) >= 11 is 6.44. The fraction of sp³-hybridized carbons (Fsp3) is 0.312. The van der Waals surface area contributed by atoms with Crippen molar-refractivity contribution in [3.8, 4) is 0 Å². The van der Waals surface area contributed by atoms with Crippen LogP contribution in [-0.4, -0.2) is 5.91 Å². The van der Waals surface area contributed by atoms with Crippen molar-refractivity contribution in [2.45, 2.75) is 32.1 Å². The Morgan fingerprint density at radius 3 is 2.67 bits per heavy atom. The Labute approximate surface area is 127 Å². The number of fused-ring (bicyclic) bond motifs is 1. The first-order valence-corrected chi connectivity index (χ1v) is 7.22. The number of hydrogen-bond acceptors (Lipinski definition) is 2. The largest absolute Gasteiger partial charge is 0.466 e. The van der Waals surface area contributed by atoms with E-state index in [-0.39, 0.29) is 5.91 Å². The van der Waals surface area contributed by atoms with Gasteiger partial charge in [-0.2, -0.15) is 0 Å². The van der Waals surface area contributed by atoms with Crippen LogP contribution in [0.1, 0.15) is 40.0 Å². The van der Waals surface area contributed by atoms with E-state index in [0.717, 1.165) is 16.9 Å². The first kappa shape index (κ1) is 14.1. The van der Waals surface area contributed by atoms with Gasteiger partial charge in [0.15, 0.2) is 0 Å². The Balaban J connectivity index is 2.03. The van der Waals surface area contributed by atoms with Gasteiger partial charge in [0.1, 0.15) is 17.3 Å². The summed E-state index contributed by atoms with van der Waals surface area (Å²) in [5.41, 5.74) is 2.63. The van der Waals surface area contributed by atoms with Crippen LogP contribution >= 0.6 is 11.6 Å². The van der Waals surface area contributed by atoms with Gasteiger partial charge in [0.25, 0.3) is 0 Å². The smallest absolute Gasteiger partial charge is 0.224 e. The molecule has 0 radical (unpaired) electrons. The molecule has 110 valence electrons. The van der Waals surface area contributed by atoms with Gasteiger partial charge in [-0.25, -0.2) is 4.39 Å². The molecule has 1 amide bonds. The van der Waals surface area contributed by atoms with Gasteiger partial charge in [-0.1, -0.05) is 0 Å². The summed E-state index contributed by atoms with van der Waals surface area (Å²) < 4.78 is 19.8. The number of carbonyl (C=O) groups excluding carboxylic acids is 1. The van der Waals surface area contributed by atoms with Crippen molar-refractivity contribution in [2.24, 2.45) is 0 Å². The van der Waals surface area contributed by atoms with Crippen LogP contribution < -0.4 is 5.32 Å². The normalized spacial score (nSPS) is 15.5. The summed E-state index contributed by atoms with van der Waals surface area (Å²) in [7, 11) is 0. The highest BCUT2D eigenvalue weighted by molar-refractivity contribution is 6.22. The van der Waals surface area contributed by atoms with Crippen LogP contribution in [0.15, 0.2) is 22.6 Å². The molecule has 0 saturated heterocycles. The number of benzene rings is 1. The van der Waals surface area contributed by atoms with Crippen molar-refractivity contribution < 1.29 is 13.6 Å². The molecule has 1 aliphatic rings. The summed E-state index contributed by atoms with van der Waals surface area (Å²) in [5, 5.41) is 2.08. The number of furan rings is 1. The molecule has 1 N–H and O–H groups in total. The van der Waals surface area contributed by atoms with Gasteiger partial charge in [-0.05, 0) is 44.0 Å². The van der Waals surface area contributed by atoms with Crippen molar-refractivity contribution in [1.29, 1.82) is 0 Å². The van der Waals surface area contributed by atoms with Crippen molar-refractivity contribution in [3.05, 3.63) is 52.2 Å². The van der Waals surface area contributed by atoms with Crippen LogP contribution in [0.3, 0.4) is 0 Å². The minimum Gasteiger partial charge on any atom is -0.466 e. The van der Waals surface area contributed by atoms with E-state index in [1.54, 1.807) is 6.07 Å². The third kappa shape index (κ3) is 2.56. The van der Waals surface area contributed by atoms with Crippen LogP contribution in [0.25, 0.3) is 0 Å². The highest BCUT2D eigenvalue weighted by atomic mass is 35.5. The van der Waals surface area contributed by atoms with Gasteiger partial charge >= 0.3 is 0 Å². The van der Waals surface area contributed by atoms with E-state index >= 15 is 0 Å². The number of rotatable bonds is 2. The van der Waals surface area contributed by atoms with E-state index in [0.29, 0.717) is 29.9 Å². The van der Waals surface area contributed by atoms with Gasteiger partial charge in [-0.15, -0.1) is 11.6 Å². The van der Waals surface area contributed by atoms with Gasteiger partial charge in [0.2, 0.25) is 5.91 Å². The van der Waals surface area contributed by atoms with Crippen molar-refractivity contribution in [2.75, 3.05) is 5.32 Å². The number of anilines is 1. The van der Waals surface area contributed by atoms with Crippen LogP contribution in [0.5, 0.6) is 0 Å². The third-order valence-electron chi connectivity index (χ3n) is 3.74. The van der Waals surface area contributed by atoms with Gasteiger partial charge in [-0.3, -0.25) is 4.79 Å². The average Bonchev–Trinajstić information content (AvgIpc) is 2.76. The summed E-state index contributed by atoms with van der Waals surface area (Å²) in [4.78, 5) is 11.4. The molecular formula is C16H15ClFNO2. The Hall–Kier alpha value is -1.81. The molecule has 1 atom stereocenters. The van der Waals surface area contributed by atoms with Crippen LogP contribution in [0.2, 0.25) is 0 Å². The molecule has 0 fully saturated rings. The lowest BCUT2D eigenvalue weighted by Crippen LogP contribution is -2.19. The molecule has 3 nitrogen and oxygen atoms in total. The fourth-order valence-electron chi connectivity index (χ4n) is 2.69. The molecule has 0 spiro atoms. The van der Waals surface area contributed by atoms with Crippen molar-refractivity contribution >= 4 is 23.2 Å². The minimum absolute atomic E-state index is 0.0848. The molecule has 1 aromatic carbocycles. The van der Waals surface area contributed by atoms with Gasteiger partial charge in [0.05, 0.1) is 5.38 Å². The van der Waals surface area contributed by atoms with E-state index in [4.69, 9.17) is 16.0 Å². The maximum atomic E-state index is 14.3. The molecule has 5 heteroatoms. The second-order valence-electron chi connectivity index (χ2n) is 5.31. The lowest BCUT2D eigenvalue weighted by molar-refractivity contribution is -0.116. The molecule has 0 saturated carbocycles. The highest BCUT2D eigenvalue weighted by Gasteiger charge is 2.24. The molecule has 21 heavy (non-hydrogen) atoms. The minimum atomic E-state index is -0.606. The first-order chi connectivity index (χ1) is 9.95. The molecule has 3 rings (SSSR count). The van der Waals surface area contributed by atoms with Crippen molar-refractivity contribution in [1.82, 2.24) is 0 Å². The topological polar surface area (TPSA) is 42.2 Å². The summed E-state index contributed by atoms with van der Waals surface area (Å²) in [5.74, 6) is 0.935. The monoisotopic (exact) mass is 307 g/mol. The average molecular weight is 308 g/mol. The molecule has 1 aliphatic heterocycles. The number of halogens is 2. The van der Waals surface area contributed by atoms with E-state index in [2.05, 4.69) is 5.32 Å². The summed E-state index contributed by atoms with van der Waals surface area (Å²) in [6.45, 7) is 3.65. The summed E-state index contributed by atoms with van der Waals surface area (Å²) in [6, 6.07) is 4.91. The zero-order valence-corrected chi connectivity index (χ0v) is 12.6. The zero-order chi connectivity index (χ0) is 15.1. The maximum absolute atomic E-state index is 14.3. The van der Waals surface area contributed by atoms with E-state index in [9.17, 15) is 9.18 Å². The number of nitrogens with one attached hydrogen (secondary N) is 1. The summed E-state index contributed by atoms with van der Waals surface area (Å²) in [6.07, 6.45) is 1.01. The second kappa shape index (κ2) is 5.19. The zero-order valence-electron chi connectivity index (χ0n) is 11.8. The molecule has 0 aliphatic carbocycles. The van der Waals surface area contributed by atoms with Crippen LogP contribution in [-0.2, 0) is 11.2 Å². The number of aryl methyl sites for hydroxylation is 3. The fourth-order valence-corrected chi connectivity index (χ4v) is 3.07. The number of amides is 1. The SMILES string of the molecule is Cc1cc(C(Cl)c2cc3c(cc2F)NC(=O)CC3)c(C)o1. The second-order valence-corrected chi connectivity index (χ2v) is 5.75. The van der Waals surface area contributed by atoms with Gasteiger partial charge < -0.3 is 9.73 Å². The lowest BCUT2D eigenvalue weighted by atomic mass is 9.96. The van der Waals surface area contributed by atoms with E-state index in [1.807, 2.05) is 19.9 Å². The predicted molar refractivity (Wildman–Crippen MR) is 79.2 cm³/mol. The Kier molecular flexibility index (Phi) is 3.49. The molecule has 2 heterocycles. The number of alkyl halides is 1. The maximum Gasteiger partial charge on any atom is 0.224 e. The van der Waals surface area contributed by atoms with E-state index < -0.39 is 11.2 Å². The molecular weight excluding hydrogens is 293 g/mol. The van der Waals surface area contributed by atoms with Crippen LogP contribution in [0, 0.1) is 19.7 Å². The lowest BCUT2D eigenvalue weighted by Gasteiger charge is -2.19. The van der Waals surface area contributed by atoms with E-state index in [1.165, 1.54) is 6.07 Å². The van der Waals surface area contributed by atoms with Gasteiger partial charge in [0, 0.05) is 23.2 Å². The standard InChI is InChI=1S/C16H15ClFNO2/c1-8-5-11(9(2)21-8)16(17)12-6-10-3-4-15(20)19-14(10)7-13(12)18/h5-7,16H,3-4H2,1-2H3,(H,19,20). The molecule has 0 bridgehead atoms. The molecule has 2 aromatic rings. The number of hydrogen-bond donors (Lipinski definition) is 1. The van der Waals surface area contributed by atoms with Crippen molar-refractivity contribution in [3.63, 3.8) is 0 Å². The molecule has 1 unspecified atom stereocenters. The third-order valence-corrected chi connectivity index (χ3v) is 4.21. The Bertz CT molecular complexity index is 723. The Morgan fingerprint density at radius 2 is 2.00 bits per heavy atom. The predicted octanol–water partition coefficient (Wildman–Crippen LogP) is 4.25. The quantitative estimate of drug-likeness (QED) is 0.843. The highest BCUT2D eigenvalue weighted by Crippen LogP contribution is 2.37. The Morgan fingerprint density at radius 1 is 1.24 bits per heavy atom.